The fourth-order valence-corrected chi connectivity index (χ4v) is 4.05. The van der Waals surface area contributed by atoms with E-state index < -0.39 is 5.69 Å². The van der Waals surface area contributed by atoms with E-state index in [1.54, 1.807) is 25.2 Å². The molecule has 0 spiro atoms. The summed E-state index contributed by atoms with van der Waals surface area (Å²) in [5.74, 6) is 0.675. The highest BCUT2D eigenvalue weighted by Gasteiger charge is 2.22. The summed E-state index contributed by atoms with van der Waals surface area (Å²) in [7, 11) is 5.68. The van der Waals surface area contributed by atoms with Crippen molar-refractivity contribution in [1.29, 1.82) is 0 Å². The van der Waals surface area contributed by atoms with Crippen molar-refractivity contribution in [2.45, 2.75) is 26.9 Å². The molecule has 4 rings (SSSR count). The fourth-order valence-electron chi connectivity index (χ4n) is 3.84. The molecule has 0 aliphatic rings. The van der Waals surface area contributed by atoms with Crippen LogP contribution in [0.25, 0.3) is 16.9 Å². The Morgan fingerprint density at radius 3 is 2.50 bits per heavy atom. The molecule has 0 radical (unpaired) electrons. The van der Waals surface area contributed by atoms with E-state index >= 15 is 0 Å². The monoisotopic (exact) mass is 428 g/mol. The number of rotatable bonds is 5. The molecule has 158 valence electrons. The molecular formula is C21H25ClN6O2. The van der Waals surface area contributed by atoms with Crippen molar-refractivity contribution in [2.75, 3.05) is 20.6 Å². The Kier molecular flexibility index (Phi) is 5.07. The zero-order valence-corrected chi connectivity index (χ0v) is 18.6. The van der Waals surface area contributed by atoms with Crippen LogP contribution in [0.3, 0.4) is 0 Å². The molecule has 8 nitrogen and oxygen atoms in total. The van der Waals surface area contributed by atoms with E-state index in [1.165, 1.54) is 9.13 Å². The number of halogens is 1. The third-order valence-corrected chi connectivity index (χ3v) is 5.87. The van der Waals surface area contributed by atoms with Crippen molar-refractivity contribution in [3.63, 3.8) is 0 Å². The number of hydrogen-bond donors (Lipinski definition) is 0. The van der Waals surface area contributed by atoms with Crippen molar-refractivity contribution in [3.05, 3.63) is 67.1 Å². The average molecular weight is 429 g/mol. The standard InChI is InChI=1S/C21H25ClN6O2/c1-13-14(2)28-17-18(23-20(28)26(13)10-9-24(3)4)25(5)21(30)27(19(17)29)12-15-7-6-8-16(22)11-15/h6-8,11H,9-10,12H2,1-5H3. The largest absolute Gasteiger partial charge is 0.332 e. The molecule has 0 aliphatic carbocycles. The molecule has 0 bridgehead atoms. The zero-order chi connectivity index (χ0) is 21.7. The van der Waals surface area contributed by atoms with Crippen molar-refractivity contribution in [3.8, 4) is 0 Å². The van der Waals surface area contributed by atoms with Crippen LogP contribution >= 0.6 is 11.6 Å². The van der Waals surface area contributed by atoms with Crippen LogP contribution in [-0.2, 0) is 20.1 Å². The lowest BCUT2D eigenvalue weighted by atomic mass is 10.2. The van der Waals surface area contributed by atoms with Gasteiger partial charge in [-0.2, -0.15) is 4.98 Å². The Morgan fingerprint density at radius 2 is 1.83 bits per heavy atom. The van der Waals surface area contributed by atoms with Gasteiger partial charge in [-0.3, -0.25) is 18.3 Å². The highest BCUT2D eigenvalue weighted by atomic mass is 35.5. The fraction of sp³-hybridized carbons (Fsp3) is 0.381. The molecule has 0 amide bonds. The van der Waals surface area contributed by atoms with E-state index in [0.29, 0.717) is 22.0 Å². The summed E-state index contributed by atoms with van der Waals surface area (Å²) in [5, 5.41) is 0.564. The number of aryl methyl sites for hydroxylation is 2. The van der Waals surface area contributed by atoms with Gasteiger partial charge in [0, 0.05) is 36.5 Å². The molecule has 3 aromatic heterocycles. The number of fused-ring (bicyclic) bond motifs is 3. The van der Waals surface area contributed by atoms with E-state index in [9.17, 15) is 9.59 Å². The Balaban J connectivity index is 1.99. The third kappa shape index (κ3) is 3.16. The zero-order valence-electron chi connectivity index (χ0n) is 17.8. The average Bonchev–Trinajstić information content (AvgIpc) is 3.18. The molecule has 0 fully saturated rings. The van der Waals surface area contributed by atoms with Gasteiger partial charge in [0.15, 0.2) is 11.2 Å². The van der Waals surface area contributed by atoms with E-state index in [-0.39, 0.29) is 12.1 Å². The number of benzene rings is 1. The van der Waals surface area contributed by atoms with Gasteiger partial charge in [-0.15, -0.1) is 0 Å². The predicted molar refractivity (Wildman–Crippen MR) is 119 cm³/mol. The second kappa shape index (κ2) is 7.45. The molecular weight excluding hydrogens is 404 g/mol. The van der Waals surface area contributed by atoms with Crippen LogP contribution in [-0.4, -0.2) is 48.6 Å². The van der Waals surface area contributed by atoms with Crippen molar-refractivity contribution >= 4 is 28.5 Å². The van der Waals surface area contributed by atoms with Crippen LogP contribution in [0.5, 0.6) is 0 Å². The first kappa shape index (κ1) is 20.4. The van der Waals surface area contributed by atoms with Crippen molar-refractivity contribution in [1.82, 2.24) is 28.0 Å². The maximum absolute atomic E-state index is 13.4. The Labute approximate surface area is 178 Å². The van der Waals surface area contributed by atoms with Crippen LogP contribution < -0.4 is 11.2 Å². The molecule has 3 heterocycles. The number of likely N-dealkylation sites (N-methyl/N-ethyl adjacent to an activating group) is 1. The van der Waals surface area contributed by atoms with Crippen molar-refractivity contribution in [2.24, 2.45) is 7.05 Å². The molecule has 0 aliphatic heterocycles. The maximum Gasteiger partial charge on any atom is 0.332 e. The summed E-state index contributed by atoms with van der Waals surface area (Å²) in [6, 6.07) is 7.18. The molecule has 0 unspecified atom stereocenters. The summed E-state index contributed by atoms with van der Waals surface area (Å²) in [5.41, 5.74) is 2.84. The molecule has 4 aromatic rings. The lowest BCUT2D eigenvalue weighted by molar-refractivity contribution is 0.384. The number of imidazole rings is 2. The van der Waals surface area contributed by atoms with Crippen LogP contribution in [0, 0.1) is 13.8 Å². The van der Waals surface area contributed by atoms with Gasteiger partial charge >= 0.3 is 5.69 Å². The second-order valence-corrected chi connectivity index (χ2v) is 8.34. The van der Waals surface area contributed by atoms with Gasteiger partial charge in [0.1, 0.15) is 0 Å². The molecule has 0 saturated heterocycles. The van der Waals surface area contributed by atoms with E-state index in [0.717, 1.165) is 30.0 Å². The summed E-state index contributed by atoms with van der Waals surface area (Å²) in [6.07, 6.45) is 0. The van der Waals surface area contributed by atoms with E-state index in [4.69, 9.17) is 16.6 Å². The minimum Gasteiger partial charge on any atom is -0.313 e. The lowest BCUT2D eigenvalue weighted by Crippen LogP contribution is -2.39. The Bertz CT molecular complexity index is 1390. The minimum absolute atomic E-state index is 0.147. The molecule has 0 saturated carbocycles. The van der Waals surface area contributed by atoms with Gasteiger partial charge in [0.2, 0.25) is 5.78 Å². The molecule has 30 heavy (non-hydrogen) atoms. The third-order valence-electron chi connectivity index (χ3n) is 5.63. The van der Waals surface area contributed by atoms with E-state index in [1.807, 2.05) is 38.4 Å². The van der Waals surface area contributed by atoms with Gasteiger partial charge in [-0.25, -0.2) is 4.79 Å². The van der Waals surface area contributed by atoms with Crippen LogP contribution in [0.2, 0.25) is 5.02 Å². The van der Waals surface area contributed by atoms with Crippen LogP contribution in [0.4, 0.5) is 0 Å². The number of nitrogens with zero attached hydrogens (tertiary/aromatic N) is 6. The normalized spacial score (nSPS) is 12.0. The lowest BCUT2D eigenvalue weighted by Gasteiger charge is -2.11. The molecule has 9 heteroatoms. The SMILES string of the molecule is Cc1c(C)n2c3c(=O)n(Cc4cccc(Cl)c4)c(=O)n(C)c3nc2n1CCN(C)C. The van der Waals surface area contributed by atoms with Crippen LogP contribution in [0.15, 0.2) is 33.9 Å². The highest BCUT2D eigenvalue weighted by Crippen LogP contribution is 2.20. The smallest absolute Gasteiger partial charge is 0.313 e. The number of hydrogen-bond acceptors (Lipinski definition) is 4. The molecule has 0 N–H and O–H groups in total. The quantitative estimate of drug-likeness (QED) is 0.487. The summed E-state index contributed by atoms with van der Waals surface area (Å²) in [4.78, 5) is 33.2. The minimum atomic E-state index is -0.401. The van der Waals surface area contributed by atoms with Crippen molar-refractivity contribution < 1.29 is 0 Å². The van der Waals surface area contributed by atoms with Gasteiger partial charge in [0.05, 0.1) is 6.54 Å². The summed E-state index contributed by atoms with van der Waals surface area (Å²) < 4.78 is 6.66. The molecule has 0 atom stereocenters. The summed E-state index contributed by atoms with van der Waals surface area (Å²) in [6.45, 7) is 5.73. The predicted octanol–water partition coefficient (Wildman–Crippen LogP) is 2.03. The van der Waals surface area contributed by atoms with E-state index in [2.05, 4.69) is 9.47 Å². The van der Waals surface area contributed by atoms with Crippen LogP contribution in [0.1, 0.15) is 17.0 Å². The maximum atomic E-state index is 13.4. The first-order valence-electron chi connectivity index (χ1n) is 9.77. The summed E-state index contributed by atoms with van der Waals surface area (Å²) >= 11 is 6.08. The van der Waals surface area contributed by atoms with Gasteiger partial charge < -0.3 is 9.47 Å². The Hall–Kier alpha value is -2.84. The first-order chi connectivity index (χ1) is 14.2. The molecule has 1 aromatic carbocycles. The van der Waals surface area contributed by atoms with Gasteiger partial charge in [0.25, 0.3) is 5.56 Å². The van der Waals surface area contributed by atoms with Gasteiger partial charge in [-0.05, 0) is 45.6 Å². The Morgan fingerprint density at radius 1 is 1.10 bits per heavy atom. The first-order valence-corrected chi connectivity index (χ1v) is 10.2. The van der Waals surface area contributed by atoms with Gasteiger partial charge in [-0.1, -0.05) is 23.7 Å². The second-order valence-electron chi connectivity index (χ2n) is 7.91. The topological polar surface area (TPSA) is 69.5 Å². The number of aromatic nitrogens is 5. The highest BCUT2D eigenvalue weighted by molar-refractivity contribution is 6.30.